The number of rotatable bonds is 2. The van der Waals surface area contributed by atoms with Crippen LogP contribution < -0.4 is 11.1 Å². The van der Waals surface area contributed by atoms with E-state index in [9.17, 15) is 0 Å². The standard InChI is InChI=1S/C16H17BrN2/c17-14-10-12(18)8-9-16(14)19-15-7-3-5-11-4-1-2-6-13(11)15/h3,5,7-10,19H,1-2,4,6,18H2. The van der Waals surface area contributed by atoms with Crippen LogP contribution in [-0.4, -0.2) is 0 Å². The van der Waals surface area contributed by atoms with Crippen molar-refractivity contribution in [3.8, 4) is 0 Å². The Hall–Kier alpha value is -1.48. The number of halogens is 1. The Bertz CT molecular complexity index is 608. The first-order valence-corrected chi connectivity index (χ1v) is 7.46. The van der Waals surface area contributed by atoms with Gasteiger partial charge in [-0.1, -0.05) is 12.1 Å². The summed E-state index contributed by atoms with van der Waals surface area (Å²) in [6, 6.07) is 12.4. The van der Waals surface area contributed by atoms with Crippen molar-refractivity contribution in [1.29, 1.82) is 0 Å². The van der Waals surface area contributed by atoms with E-state index in [1.165, 1.54) is 42.5 Å². The molecule has 2 nitrogen and oxygen atoms in total. The van der Waals surface area contributed by atoms with Crippen LogP contribution in [0.25, 0.3) is 0 Å². The SMILES string of the molecule is Nc1ccc(Nc2cccc3c2CCCC3)c(Br)c1. The Morgan fingerprint density at radius 1 is 1.00 bits per heavy atom. The number of anilines is 3. The molecule has 0 fully saturated rings. The molecule has 0 aliphatic heterocycles. The Morgan fingerprint density at radius 3 is 2.68 bits per heavy atom. The zero-order chi connectivity index (χ0) is 13.2. The third-order valence-corrected chi connectivity index (χ3v) is 4.31. The fourth-order valence-corrected chi connectivity index (χ4v) is 3.17. The van der Waals surface area contributed by atoms with Gasteiger partial charge in [0.05, 0.1) is 5.69 Å². The van der Waals surface area contributed by atoms with E-state index in [-0.39, 0.29) is 0 Å². The third kappa shape index (κ3) is 2.61. The molecule has 0 saturated carbocycles. The van der Waals surface area contributed by atoms with Crippen LogP contribution in [0.2, 0.25) is 0 Å². The van der Waals surface area contributed by atoms with E-state index in [1.807, 2.05) is 18.2 Å². The van der Waals surface area contributed by atoms with Crippen LogP contribution in [0.15, 0.2) is 40.9 Å². The van der Waals surface area contributed by atoms with Crippen molar-refractivity contribution in [2.45, 2.75) is 25.7 Å². The lowest BCUT2D eigenvalue weighted by Crippen LogP contribution is -2.06. The van der Waals surface area contributed by atoms with Crippen molar-refractivity contribution in [2.24, 2.45) is 0 Å². The predicted octanol–water partition coefficient (Wildman–Crippen LogP) is 4.65. The minimum absolute atomic E-state index is 0.771. The van der Waals surface area contributed by atoms with Crippen LogP contribution in [0.1, 0.15) is 24.0 Å². The van der Waals surface area contributed by atoms with Gasteiger partial charge >= 0.3 is 0 Å². The first kappa shape index (κ1) is 12.5. The maximum absolute atomic E-state index is 5.77. The summed E-state index contributed by atoms with van der Waals surface area (Å²) in [6.45, 7) is 0. The average molecular weight is 317 g/mol. The first-order chi connectivity index (χ1) is 9.24. The van der Waals surface area contributed by atoms with Crippen LogP contribution in [0.5, 0.6) is 0 Å². The highest BCUT2D eigenvalue weighted by atomic mass is 79.9. The molecule has 1 aliphatic rings. The minimum atomic E-state index is 0.771. The molecule has 0 spiro atoms. The van der Waals surface area contributed by atoms with Gasteiger partial charge in [-0.3, -0.25) is 0 Å². The molecule has 2 aromatic carbocycles. The molecule has 0 heterocycles. The highest BCUT2D eigenvalue weighted by molar-refractivity contribution is 9.10. The Labute approximate surface area is 122 Å². The Kier molecular flexibility index (Phi) is 3.47. The van der Waals surface area contributed by atoms with E-state index in [0.29, 0.717) is 0 Å². The van der Waals surface area contributed by atoms with Crippen molar-refractivity contribution in [1.82, 2.24) is 0 Å². The molecule has 98 valence electrons. The van der Waals surface area contributed by atoms with Crippen LogP contribution in [-0.2, 0) is 12.8 Å². The molecule has 0 amide bonds. The van der Waals surface area contributed by atoms with Crippen molar-refractivity contribution in [2.75, 3.05) is 11.1 Å². The van der Waals surface area contributed by atoms with Crippen molar-refractivity contribution in [3.05, 3.63) is 52.0 Å². The first-order valence-electron chi connectivity index (χ1n) is 6.67. The number of hydrogen-bond donors (Lipinski definition) is 2. The molecule has 0 saturated heterocycles. The van der Waals surface area contributed by atoms with Crippen LogP contribution in [0.4, 0.5) is 17.1 Å². The van der Waals surface area contributed by atoms with Gasteiger partial charge in [-0.2, -0.15) is 0 Å². The highest BCUT2D eigenvalue weighted by Gasteiger charge is 2.13. The highest BCUT2D eigenvalue weighted by Crippen LogP contribution is 2.33. The summed E-state index contributed by atoms with van der Waals surface area (Å²) in [7, 11) is 0. The second-order valence-corrected chi connectivity index (χ2v) is 5.87. The van der Waals surface area contributed by atoms with Crippen molar-refractivity contribution < 1.29 is 0 Å². The Morgan fingerprint density at radius 2 is 1.84 bits per heavy atom. The average Bonchev–Trinajstić information content (AvgIpc) is 2.42. The lowest BCUT2D eigenvalue weighted by molar-refractivity contribution is 0.687. The molecule has 0 radical (unpaired) electrons. The van der Waals surface area contributed by atoms with E-state index in [0.717, 1.165) is 15.8 Å². The molecule has 0 atom stereocenters. The largest absolute Gasteiger partial charge is 0.399 e. The Balaban J connectivity index is 1.95. The van der Waals surface area contributed by atoms with Gasteiger partial charge in [0.2, 0.25) is 0 Å². The molecular formula is C16H17BrN2. The van der Waals surface area contributed by atoms with E-state index < -0.39 is 0 Å². The number of aryl methyl sites for hydroxylation is 1. The maximum Gasteiger partial charge on any atom is 0.0530 e. The van der Waals surface area contributed by atoms with E-state index >= 15 is 0 Å². The van der Waals surface area contributed by atoms with E-state index in [1.54, 1.807) is 0 Å². The van der Waals surface area contributed by atoms with Gasteiger partial charge in [0.1, 0.15) is 0 Å². The zero-order valence-electron chi connectivity index (χ0n) is 10.7. The summed E-state index contributed by atoms with van der Waals surface area (Å²) in [6.07, 6.45) is 4.97. The molecule has 0 bridgehead atoms. The topological polar surface area (TPSA) is 38.0 Å². The molecule has 1 aliphatic carbocycles. The summed E-state index contributed by atoms with van der Waals surface area (Å²) in [4.78, 5) is 0. The van der Waals surface area contributed by atoms with Gasteiger partial charge in [0, 0.05) is 15.8 Å². The number of nitrogens with two attached hydrogens (primary N) is 1. The number of nitrogen functional groups attached to an aromatic ring is 1. The number of hydrogen-bond acceptors (Lipinski definition) is 2. The quantitative estimate of drug-likeness (QED) is 0.791. The second kappa shape index (κ2) is 5.25. The molecule has 19 heavy (non-hydrogen) atoms. The van der Waals surface area contributed by atoms with E-state index in [4.69, 9.17) is 5.73 Å². The fourth-order valence-electron chi connectivity index (χ4n) is 2.68. The molecule has 3 rings (SSSR count). The number of fused-ring (bicyclic) bond motifs is 1. The van der Waals surface area contributed by atoms with Crippen LogP contribution >= 0.6 is 15.9 Å². The summed E-state index contributed by atoms with van der Waals surface area (Å²) in [5.41, 5.74) is 11.8. The van der Waals surface area contributed by atoms with Gasteiger partial charge in [-0.25, -0.2) is 0 Å². The monoisotopic (exact) mass is 316 g/mol. The minimum Gasteiger partial charge on any atom is -0.399 e. The van der Waals surface area contributed by atoms with Gasteiger partial charge < -0.3 is 11.1 Å². The van der Waals surface area contributed by atoms with E-state index in [2.05, 4.69) is 39.4 Å². The second-order valence-electron chi connectivity index (χ2n) is 5.01. The normalized spacial score (nSPS) is 13.9. The summed E-state index contributed by atoms with van der Waals surface area (Å²) in [5.74, 6) is 0. The van der Waals surface area contributed by atoms with Gasteiger partial charge in [-0.15, -0.1) is 0 Å². The van der Waals surface area contributed by atoms with Gasteiger partial charge in [-0.05, 0) is 77.0 Å². The van der Waals surface area contributed by atoms with Crippen molar-refractivity contribution >= 4 is 33.0 Å². The summed E-state index contributed by atoms with van der Waals surface area (Å²) in [5, 5.41) is 3.53. The predicted molar refractivity (Wildman–Crippen MR) is 84.9 cm³/mol. The molecule has 3 N–H and O–H groups in total. The third-order valence-electron chi connectivity index (χ3n) is 3.66. The molecular weight excluding hydrogens is 300 g/mol. The molecule has 0 unspecified atom stereocenters. The summed E-state index contributed by atoms with van der Waals surface area (Å²) >= 11 is 3.56. The lowest BCUT2D eigenvalue weighted by Gasteiger charge is -2.20. The maximum atomic E-state index is 5.77. The fraction of sp³-hybridized carbons (Fsp3) is 0.250. The van der Waals surface area contributed by atoms with Crippen LogP contribution in [0.3, 0.4) is 0 Å². The molecule has 3 heteroatoms. The summed E-state index contributed by atoms with van der Waals surface area (Å²) < 4.78 is 1.00. The van der Waals surface area contributed by atoms with Crippen molar-refractivity contribution in [3.63, 3.8) is 0 Å². The smallest absolute Gasteiger partial charge is 0.0530 e. The van der Waals surface area contributed by atoms with Gasteiger partial charge in [0.25, 0.3) is 0 Å². The molecule has 2 aromatic rings. The zero-order valence-corrected chi connectivity index (χ0v) is 12.3. The molecule has 0 aromatic heterocycles. The van der Waals surface area contributed by atoms with Gasteiger partial charge in [0.15, 0.2) is 0 Å². The number of nitrogens with one attached hydrogen (secondary N) is 1. The van der Waals surface area contributed by atoms with Crippen LogP contribution in [0, 0.1) is 0 Å². The number of benzene rings is 2. The lowest BCUT2D eigenvalue weighted by atomic mass is 9.90.